The van der Waals surface area contributed by atoms with Crippen molar-refractivity contribution in [1.82, 2.24) is 9.97 Å². The van der Waals surface area contributed by atoms with Gasteiger partial charge in [-0.05, 0) is 6.42 Å². The molecule has 0 aromatic carbocycles. The first-order chi connectivity index (χ1) is 8.01. The lowest BCUT2D eigenvalue weighted by molar-refractivity contribution is 0.305. The van der Waals surface area contributed by atoms with Gasteiger partial charge in [-0.25, -0.2) is 23.5 Å². The minimum absolute atomic E-state index is 0.151. The number of primary sulfonamides is 1. The Morgan fingerprint density at radius 1 is 1.47 bits per heavy atom. The average molecular weight is 260 g/mol. The maximum Gasteiger partial charge on any atom is 0.218 e. The first-order valence-electron chi connectivity index (χ1n) is 5.20. The van der Waals surface area contributed by atoms with Gasteiger partial charge >= 0.3 is 0 Å². The molecule has 8 heteroatoms. The van der Waals surface area contributed by atoms with Crippen molar-refractivity contribution >= 4 is 15.8 Å². The van der Waals surface area contributed by atoms with Gasteiger partial charge in [0.2, 0.25) is 15.9 Å². The number of hydrogen-bond donors (Lipinski definition) is 2. The standard InChI is InChI=1S/C9H16N4O3S/c1-2-4-16-9-6-8(12-7-13-9)11-3-5-17(10,14)15/h6-7H,2-5H2,1H3,(H2,10,14,15)(H,11,12,13). The van der Waals surface area contributed by atoms with E-state index in [1.54, 1.807) is 6.07 Å². The minimum atomic E-state index is -3.46. The number of nitrogens with two attached hydrogens (primary N) is 1. The Morgan fingerprint density at radius 2 is 2.24 bits per heavy atom. The number of nitrogens with one attached hydrogen (secondary N) is 1. The second-order valence-corrected chi connectivity index (χ2v) is 5.12. The van der Waals surface area contributed by atoms with Crippen LogP contribution in [0.4, 0.5) is 5.82 Å². The van der Waals surface area contributed by atoms with Crippen LogP contribution in [-0.2, 0) is 10.0 Å². The third kappa shape index (κ3) is 6.03. The van der Waals surface area contributed by atoms with Gasteiger partial charge in [0, 0.05) is 12.6 Å². The fraction of sp³-hybridized carbons (Fsp3) is 0.556. The normalized spacial score (nSPS) is 11.2. The van der Waals surface area contributed by atoms with Crippen molar-refractivity contribution in [1.29, 1.82) is 0 Å². The highest BCUT2D eigenvalue weighted by molar-refractivity contribution is 7.89. The molecule has 0 amide bonds. The zero-order valence-electron chi connectivity index (χ0n) is 9.59. The zero-order valence-corrected chi connectivity index (χ0v) is 10.4. The molecule has 3 N–H and O–H groups in total. The molecule has 0 aliphatic carbocycles. The molecule has 0 atom stereocenters. The van der Waals surface area contributed by atoms with Gasteiger partial charge in [-0.3, -0.25) is 0 Å². The number of aromatic nitrogens is 2. The van der Waals surface area contributed by atoms with Crippen molar-refractivity contribution in [2.45, 2.75) is 13.3 Å². The highest BCUT2D eigenvalue weighted by Crippen LogP contribution is 2.10. The Kier molecular flexibility index (Phi) is 5.11. The summed E-state index contributed by atoms with van der Waals surface area (Å²) in [5.41, 5.74) is 0. The first-order valence-corrected chi connectivity index (χ1v) is 6.92. The first kappa shape index (κ1) is 13.7. The maximum absolute atomic E-state index is 10.7. The number of ether oxygens (including phenoxy) is 1. The van der Waals surface area contributed by atoms with E-state index in [1.165, 1.54) is 6.33 Å². The van der Waals surface area contributed by atoms with Crippen LogP contribution in [0.15, 0.2) is 12.4 Å². The fourth-order valence-corrected chi connectivity index (χ4v) is 1.43. The van der Waals surface area contributed by atoms with E-state index in [0.29, 0.717) is 18.3 Å². The van der Waals surface area contributed by atoms with Gasteiger partial charge in [0.05, 0.1) is 12.4 Å². The molecule has 17 heavy (non-hydrogen) atoms. The molecule has 0 saturated heterocycles. The number of anilines is 1. The molecule has 0 bridgehead atoms. The van der Waals surface area contributed by atoms with Crippen molar-refractivity contribution in [2.75, 3.05) is 24.2 Å². The van der Waals surface area contributed by atoms with Crippen LogP contribution in [0.5, 0.6) is 5.88 Å². The van der Waals surface area contributed by atoms with Crippen LogP contribution < -0.4 is 15.2 Å². The molecule has 1 aromatic heterocycles. The van der Waals surface area contributed by atoms with Crippen LogP contribution >= 0.6 is 0 Å². The monoisotopic (exact) mass is 260 g/mol. The van der Waals surface area contributed by atoms with Gasteiger partial charge in [0.1, 0.15) is 12.1 Å². The Hall–Kier alpha value is -1.41. The van der Waals surface area contributed by atoms with Gasteiger partial charge in [-0.15, -0.1) is 0 Å². The Bertz CT molecular complexity index is 449. The summed E-state index contributed by atoms with van der Waals surface area (Å²) < 4.78 is 26.7. The predicted molar refractivity (Wildman–Crippen MR) is 64.3 cm³/mol. The van der Waals surface area contributed by atoms with Gasteiger partial charge in [-0.1, -0.05) is 6.92 Å². The smallest absolute Gasteiger partial charge is 0.218 e. The number of hydrogen-bond acceptors (Lipinski definition) is 6. The van der Waals surface area contributed by atoms with E-state index in [2.05, 4.69) is 15.3 Å². The van der Waals surface area contributed by atoms with Crippen LogP contribution in [0.3, 0.4) is 0 Å². The molecule has 1 heterocycles. The van der Waals surface area contributed by atoms with Gasteiger partial charge in [0.25, 0.3) is 0 Å². The summed E-state index contributed by atoms with van der Waals surface area (Å²) in [7, 11) is -3.46. The van der Waals surface area contributed by atoms with Crippen LogP contribution in [0.1, 0.15) is 13.3 Å². The lowest BCUT2D eigenvalue weighted by Gasteiger charge is -2.06. The predicted octanol–water partition coefficient (Wildman–Crippen LogP) is -0.0342. The van der Waals surface area contributed by atoms with Crippen molar-refractivity contribution < 1.29 is 13.2 Å². The number of nitrogens with zero attached hydrogens (tertiary/aromatic N) is 2. The van der Waals surface area contributed by atoms with E-state index in [9.17, 15) is 8.42 Å². The third-order valence-corrected chi connectivity index (χ3v) is 2.56. The SMILES string of the molecule is CCCOc1cc(NCCS(N)(=O)=O)ncn1. The summed E-state index contributed by atoms with van der Waals surface area (Å²) in [6, 6.07) is 1.61. The quantitative estimate of drug-likeness (QED) is 0.712. The molecule has 1 aromatic rings. The maximum atomic E-state index is 10.7. The van der Waals surface area contributed by atoms with E-state index in [1.807, 2.05) is 6.92 Å². The Labute approximate surface area is 100 Å². The highest BCUT2D eigenvalue weighted by atomic mass is 32.2. The molecule has 0 aliphatic heterocycles. The number of sulfonamides is 1. The molecule has 0 unspecified atom stereocenters. The van der Waals surface area contributed by atoms with E-state index >= 15 is 0 Å². The van der Waals surface area contributed by atoms with Crippen LogP contribution in [0, 0.1) is 0 Å². The average Bonchev–Trinajstić information content (AvgIpc) is 2.25. The summed E-state index contributed by atoms with van der Waals surface area (Å²) in [5.74, 6) is 0.817. The molecule has 7 nitrogen and oxygen atoms in total. The number of rotatable bonds is 7. The topological polar surface area (TPSA) is 107 Å². The Balaban J connectivity index is 2.48. The lowest BCUT2D eigenvalue weighted by atomic mass is 10.5. The lowest BCUT2D eigenvalue weighted by Crippen LogP contribution is -2.22. The molecule has 0 aliphatic rings. The fourth-order valence-electron chi connectivity index (χ4n) is 1.04. The van der Waals surface area contributed by atoms with Crippen LogP contribution in [0.2, 0.25) is 0 Å². The van der Waals surface area contributed by atoms with E-state index < -0.39 is 10.0 Å². The minimum Gasteiger partial charge on any atom is -0.478 e. The molecular formula is C9H16N4O3S. The Morgan fingerprint density at radius 3 is 2.88 bits per heavy atom. The van der Waals surface area contributed by atoms with Crippen molar-refractivity contribution in [2.24, 2.45) is 5.14 Å². The van der Waals surface area contributed by atoms with Crippen molar-refractivity contribution in [3.05, 3.63) is 12.4 Å². The second kappa shape index (κ2) is 6.36. The van der Waals surface area contributed by atoms with Gasteiger partial charge < -0.3 is 10.1 Å². The molecule has 96 valence electrons. The second-order valence-electron chi connectivity index (χ2n) is 3.38. The summed E-state index contributed by atoms with van der Waals surface area (Å²) in [6.07, 6.45) is 2.24. The molecule has 0 saturated carbocycles. The summed E-state index contributed by atoms with van der Waals surface area (Å²) in [6.45, 7) is 2.77. The highest BCUT2D eigenvalue weighted by Gasteiger charge is 2.03. The summed E-state index contributed by atoms with van der Waals surface area (Å²) >= 11 is 0. The third-order valence-electron chi connectivity index (χ3n) is 1.79. The van der Waals surface area contributed by atoms with Crippen LogP contribution in [0.25, 0.3) is 0 Å². The molecule has 0 fully saturated rings. The van der Waals surface area contributed by atoms with E-state index in [4.69, 9.17) is 9.88 Å². The molecule has 0 radical (unpaired) electrons. The van der Waals surface area contributed by atoms with E-state index in [0.717, 1.165) is 6.42 Å². The molecule has 0 spiro atoms. The van der Waals surface area contributed by atoms with Gasteiger partial charge in [-0.2, -0.15) is 0 Å². The zero-order chi connectivity index (χ0) is 12.7. The molecular weight excluding hydrogens is 244 g/mol. The van der Waals surface area contributed by atoms with Gasteiger partial charge in [0.15, 0.2) is 0 Å². The van der Waals surface area contributed by atoms with Crippen LogP contribution in [-0.4, -0.2) is 37.3 Å². The van der Waals surface area contributed by atoms with Crippen molar-refractivity contribution in [3.63, 3.8) is 0 Å². The molecule has 1 rings (SSSR count). The van der Waals surface area contributed by atoms with E-state index in [-0.39, 0.29) is 12.3 Å². The van der Waals surface area contributed by atoms with Crippen molar-refractivity contribution in [3.8, 4) is 5.88 Å². The summed E-state index contributed by atoms with van der Waals surface area (Å²) in [5, 5.41) is 7.70. The summed E-state index contributed by atoms with van der Waals surface area (Å²) in [4.78, 5) is 7.85. The largest absolute Gasteiger partial charge is 0.478 e.